The van der Waals surface area contributed by atoms with Crippen LogP contribution in [-0.2, 0) is 0 Å². The summed E-state index contributed by atoms with van der Waals surface area (Å²) in [6.45, 7) is 0. The molecular weight excluding hydrogens is 188 g/mol. The van der Waals surface area contributed by atoms with Gasteiger partial charge in [0.15, 0.2) is 0 Å². The molecule has 0 fully saturated rings. The van der Waals surface area contributed by atoms with Crippen molar-refractivity contribution in [3.63, 3.8) is 0 Å². The fourth-order valence-corrected chi connectivity index (χ4v) is 1.21. The van der Waals surface area contributed by atoms with Crippen molar-refractivity contribution in [2.24, 2.45) is 0 Å². The van der Waals surface area contributed by atoms with Crippen LogP contribution in [0, 0.1) is 0 Å². The molecule has 0 aliphatic rings. The highest BCUT2D eigenvalue weighted by Crippen LogP contribution is 2.20. The standard InChI is InChI=1S/C12H12N2O/c1-13-12-8-7-11(9-14-12)15-10-5-3-2-4-6-10/h2-9H,1H3,(H,13,14). The molecule has 15 heavy (non-hydrogen) atoms. The summed E-state index contributed by atoms with van der Waals surface area (Å²) in [5.41, 5.74) is 0. The van der Waals surface area contributed by atoms with Gasteiger partial charge in [-0.3, -0.25) is 0 Å². The van der Waals surface area contributed by atoms with Crippen LogP contribution in [0.2, 0.25) is 0 Å². The summed E-state index contributed by atoms with van der Waals surface area (Å²) in [7, 11) is 1.83. The maximum absolute atomic E-state index is 5.59. The van der Waals surface area contributed by atoms with Gasteiger partial charge in [-0.25, -0.2) is 4.98 Å². The number of para-hydroxylation sites is 1. The fourth-order valence-electron chi connectivity index (χ4n) is 1.21. The minimum absolute atomic E-state index is 0.736. The van der Waals surface area contributed by atoms with Gasteiger partial charge in [0.25, 0.3) is 0 Å². The highest BCUT2D eigenvalue weighted by molar-refractivity contribution is 5.38. The monoisotopic (exact) mass is 200 g/mol. The molecule has 0 unspecified atom stereocenters. The summed E-state index contributed by atoms with van der Waals surface area (Å²) < 4.78 is 5.59. The Hall–Kier alpha value is -2.03. The molecule has 0 atom stereocenters. The van der Waals surface area contributed by atoms with Crippen LogP contribution in [-0.4, -0.2) is 12.0 Å². The summed E-state index contributed by atoms with van der Waals surface area (Å²) in [5, 5.41) is 2.95. The van der Waals surface area contributed by atoms with Gasteiger partial charge in [-0.15, -0.1) is 0 Å². The van der Waals surface area contributed by atoms with Crippen LogP contribution < -0.4 is 10.1 Å². The van der Waals surface area contributed by atoms with Crippen LogP contribution in [0.1, 0.15) is 0 Å². The number of benzene rings is 1. The van der Waals surface area contributed by atoms with Crippen LogP contribution in [0.4, 0.5) is 5.82 Å². The summed E-state index contributed by atoms with van der Waals surface area (Å²) in [6, 6.07) is 13.4. The third-order valence-electron chi connectivity index (χ3n) is 1.97. The molecule has 2 rings (SSSR count). The van der Waals surface area contributed by atoms with E-state index in [0.29, 0.717) is 0 Å². The molecule has 1 aromatic heterocycles. The third kappa shape index (κ3) is 2.47. The molecule has 76 valence electrons. The minimum Gasteiger partial charge on any atom is -0.456 e. The van der Waals surface area contributed by atoms with Crippen LogP contribution in [0.5, 0.6) is 11.5 Å². The van der Waals surface area contributed by atoms with E-state index in [9.17, 15) is 0 Å². The molecule has 1 heterocycles. The lowest BCUT2D eigenvalue weighted by Crippen LogP contribution is -1.91. The normalized spacial score (nSPS) is 9.67. The minimum atomic E-state index is 0.736. The van der Waals surface area contributed by atoms with E-state index in [4.69, 9.17) is 4.74 Å². The van der Waals surface area contributed by atoms with Gasteiger partial charge < -0.3 is 10.1 Å². The number of rotatable bonds is 3. The van der Waals surface area contributed by atoms with Gasteiger partial charge >= 0.3 is 0 Å². The predicted octanol–water partition coefficient (Wildman–Crippen LogP) is 2.92. The second kappa shape index (κ2) is 4.46. The number of aromatic nitrogens is 1. The van der Waals surface area contributed by atoms with Crippen molar-refractivity contribution in [2.75, 3.05) is 12.4 Å². The Morgan fingerprint density at radius 2 is 1.80 bits per heavy atom. The summed E-state index contributed by atoms with van der Waals surface area (Å²) in [5.74, 6) is 2.38. The molecule has 3 heteroatoms. The maximum atomic E-state index is 5.59. The molecule has 0 radical (unpaired) electrons. The van der Waals surface area contributed by atoms with Crippen molar-refractivity contribution in [2.45, 2.75) is 0 Å². The molecule has 1 N–H and O–H groups in total. The van der Waals surface area contributed by atoms with Gasteiger partial charge in [-0.2, -0.15) is 0 Å². The Balaban J connectivity index is 2.11. The number of nitrogens with zero attached hydrogens (tertiary/aromatic N) is 1. The van der Waals surface area contributed by atoms with Crippen molar-refractivity contribution in [3.8, 4) is 11.5 Å². The quantitative estimate of drug-likeness (QED) is 0.827. The Labute approximate surface area is 88.7 Å². The Morgan fingerprint density at radius 1 is 1.00 bits per heavy atom. The largest absolute Gasteiger partial charge is 0.456 e. The molecule has 0 spiro atoms. The van der Waals surface area contributed by atoms with E-state index in [2.05, 4.69) is 10.3 Å². The summed E-state index contributed by atoms with van der Waals surface area (Å²) >= 11 is 0. The summed E-state index contributed by atoms with van der Waals surface area (Å²) in [4.78, 5) is 4.16. The first kappa shape index (κ1) is 9.52. The SMILES string of the molecule is CNc1ccc(Oc2ccccc2)cn1. The highest BCUT2D eigenvalue weighted by Gasteiger charge is 1.96. The lowest BCUT2D eigenvalue weighted by atomic mass is 10.3. The van der Waals surface area contributed by atoms with Crippen LogP contribution in [0.15, 0.2) is 48.7 Å². The second-order valence-electron chi connectivity index (χ2n) is 3.04. The molecule has 3 nitrogen and oxygen atoms in total. The number of ether oxygens (including phenoxy) is 1. The molecule has 1 aromatic carbocycles. The number of hydrogen-bond donors (Lipinski definition) is 1. The smallest absolute Gasteiger partial charge is 0.145 e. The number of hydrogen-bond acceptors (Lipinski definition) is 3. The zero-order valence-electron chi connectivity index (χ0n) is 8.47. The van der Waals surface area contributed by atoms with Crippen LogP contribution in [0.3, 0.4) is 0 Å². The number of anilines is 1. The van der Waals surface area contributed by atoms with E-state index < -0.39 is 0 Å². The first-order valence-electron chi connectivity index (χ1n) is 4.75. The van der Waals surface area contributed by atoms with Gasteiger partial charge in [0.1, 0.15) is 17.3 Å². The molecule has 2 aromatic rings. The van der Waals surface area contributed by atoms with E-state index in [1.165, 1.54) is 0 Å². The van der Waals surface area contributed by atoms with Crippen LogP contribution in [0.25, 0.3) is 0 Å². The molecule has 0 aliphatic carbocycles. The predicted molar refractivity (Wildman–Crippen MR) is 60.3 cm³/mol. The van der Waals surface area contributed by atoms with Gasteiger partial charge in [0.05, 0.1) is 6.20 Å². The van der Waals surface area contributed by atoms with E-state index in [-0.39, 0.29) is 0 Å². The van der Waals surface area contributed by atoms with Gasteiger partial charge in [0.2, 0.25) is 0 Å². The molecule has 0 bridgehead atoms. The van der Waals surface area contributed by atoms with Crippen molar-refractivity contribution in [1.29, 1.82) is 0 Å². The molecule has 0 saturated heterocycles. The lowest BCUT2D eigenvalue weighted by molar-refractivity contribution is 0.480. The molecule has 0 saturated carbocycles. The van der Waals surface area contributed by atoms with Crippen molar-refractivity contribution in [3.05, 3.63) is 48.7 Å². The lowest BCUT2D eigenvalue weighted by Gasteiger charge is -2.05. The van der Waals surface area contributed by atoms with E-state index in [1.807, 2.05) is 49.5 Å². The molecular formula is C12H12N2O. The Kier molecular flexibility index (Phi) is 2.83. The van der Waals surface area contributed by atoms with E-state index >= 15 is 0 Å². The summed E-state index contributed by atoms with van der Waals surface area (Å²) in [6.07, 6.45) is 1.69. The van der Waals surface area contributed by atoms with Gasteiger partial charge in [-0.1, -0.05) is 18.2 Å². The third-order valence-corrected chi connectivity index (χ3v) is 1.97. The average molecular weight is 200 g/mol. The van der Waals surface area contributed by atoms with Crippen molar-refractivity contribution in [1.82, 2.24) is 4.98 Å². The van der Waals surface area contributed by atoms with Gasteiger partial charge in [-0.05, 0) is 24.3 Å². The molecule has 0 amide bonds. The average Bonchev–Trinajstić information content (AvgIpc) is 2.31. The van der Waals surface area contributed by atoms with Crippen molar-refractivity contribution >= 4 is 5.82 Å². The van der Waals surface area contributed by atoms with Gasteiger partial charge in [0, 0.05) is 7.05 Å². The first-order chi connectivity index (χ1) is 7.38. The van der Waals surface area contributed by atoms with E-state index in [0.717, 1.165) is 17.3 Å². The topological polar surface area (TPSA) is 34.1 Å². The van der Waals surface area contributed by atoms with Crippen LogP contribution >= 0.6 is 0 Å². The Bertz CT molecular complexity index is 411. The fraction of sp³-hybridized carbons (Fsp3) is 0.0833. The molecule has 0 aliphatic heterocycles. The zero-order chi connectivity index (χ0) is 10.5. The first-order valence-corrected chi connectivity index (χ1v) is 4.75. The van der Waals surface area contributed by atoms with Crippen molar-refractivity contribution < 1.29 is 4.74 Å². The maximum Gasteiger partial charge on any atom is 0.145 e. The Morgan fingerprint density at radius 3 is 2.40 bits per heavy atom. The van der Waals surface area contributed by atoms with E-state index in [1.54, 1.807) is 6.20 Å². The number of pyridine rings is 1. The second-order valence-corrected chi connectivity index (χ2v) is 3.04. The zero-order valence-corrected chi connectivity index (χ0v) is 8.47. The highest BCUT2D eigenvalue weighted by atomic mass is 16.5. The number of nitrogens with one attached hydrogen (secondary N) is 1.